The van der Waals surface area contributed by atoms with Gasteiger partial charge in [-0.05, 0) is 37.1 Å². The second-order valence-corrected chi connectivity index (χ2v) is 4.99. The van der Waals surface area contributed by atoms with Gasteiger partial charge in [0.2, 0.25) is 0 Å². The summed E-state index contributed by atoms with van der Waals surface area (Å²) in [6.45, 7) is 6.80. The molecule has 2 N–H and O–H groups in total. The molecule has 0 saturated carbocycles. The maximum atomic E-state index is 5.74. The predicted molar refractivity (Wildman–Crippen MR) is 82.1 cm³/mol. The molecule has 0 radical (unpaired) electrons. The van der Waals surface area contributed by atoms with Crippen molar-refractivity contribution >= 4 is 11.4 Å². The number of rotatable bonds is 9. The van der Waals surface area contributed by atoms with Crippen LogP contribution in [0.1, 0.15) is 52.4 Å². The zero-order chi connectivity index (χ0) is 13.2. The van der Waals surface area contributed by atoms with Crippen molar-refractivity contribution in [2.75, 3.05) is 23.7 Å². The summed E-state index contributed by atoms with van der Waals surface area (Å²) in [6, 6.07) is 8.26. The van der Waals surface area contributed by atoms with E-state index in [1.807, 2.05) is 12.1 Å². The third-order valence-electron chi connectivity index (χ3n) is 3.28. The molecule has 0 aliphatic carbocycles. The molecule has 0 aromatic heterocycles. The second kappa shape index (κ2) is 8.84. The first kappa shape index (κ1) is 14.9. The van der Waals surface area contributed by atoms with E-state index < -0.39 is 0 Å². The maximum absolute atomic E-state index is 5.74. The van der Waals surface area contributed by atoms with Crippen LogP contribution in [-0.2, 0) is 0 Å². The molecule has 102 valence electrons. The van der Waals surface area contributed by atoms with Gasteiger partial charge >= 0.3 is 0 Å². The van der Waals surface area contributed by atoms with Crippen LogP contribution in [0.3, 0.4) is 0 Å². The highest BCUT2D eigenvalue weighted by Gasteiger charge is 2.04. The highest BCUT2D eigenvalue weighted by Crippen LogP contribution is 2.17. The molecule has 1 aromatic carbocycles. The highest BCUT2D eigenvalue weighted by atomic mass is 15.1. The molecule has 18 heavy (non-hydrogen) atoms. The lowest BCUT2D eigenvalue weighted by molar-refractivity contribution is 0.615. The van der Waals surface area contributed by atoms with Gasteiger partial charge in [0.05, 0.1) is 0 Å². The number of anilines is 2. The molecule has 1 aromatic rings. The van der Waals surface area contributed by atoms with Crippen LogP contribution in [0.5, 0.6) is 0 Å². The number of nitrogen functional groups attached to an aromatic ring is 1. The van der Waals surface area contributed by atoms with Crippen molar-refractivity contribution in [1.82, 2.24) is 0 Å². The van der Waals surface area contributed by atoms with Gasteiger partial charge in [-0.15, -0.1) is 0 Å². The van der Waals surface area contributed by atoms with Gasteiger partial charge in [0.1, 0.15) is 0 Å². The fraction of sp³-hybridized carbons (Fsp3) is 0.625. The van der Waals surface area contributed by atoms with E-state index in [1.54, 1.807) is 0 Å². The van der Waals surface area contributed by atoms with Gasteiger partial charge in [-0.1, -0.05) is 39.5 Å². The Labute approximate surface area is 112 Å². The molecule has 0 aliphatic heterocycles. The van der Waals surface area contributed by atoms with Crippen molar-refractivity contribution in [3.8, 4) is 0 Å². The molecule has 0 spiro atoms. The average Bonchev–Trinajstić information content (AvgIpc) is 2.38. The molecule has 0 aliphatic rings. The Morgan fingerprint density at radius 3 is 2.11 bits per heavy atom. The maximum Gasteiger partial charge on any atom is 0.0367 e. The highest BCUT2D eigenvalue weighted by molar-refractivity contribution is 5.53. The molecular weight excluding hydrogens is 220 g/mol. The number of nitrogens with zero attached hydrogens (tertiary/aromatic N) is 1. The predicted octanol–water partition coefficient (Wildman–Crippen LogP) is 4.46. The minimum atomic E-state index is 0.846. The van der Waals surface area contributed by atoms with Crippen LogP contribution in [0, 0.1) is 0 Å². The second-order valence-electron chi connectivity index (χ2n) is 4.99. The van der Waals surface area contributed by atoms with Crippen LogP contribution in [-0.4, -0.2) is 13.1 Å². The third kappa shape index (κ3) is 5.44. The Morgan fingerprint density at radius 2 is 1.50 bits per heavy atom. The zero-order valence-electron chi connectivity index (χ0n) is 12.0. The first-order chi connectivity index (χ1) is 8.77. The molecule has 0 bridgehead atoms. The van der Waals surface area contributed by atoms with E-state index in [0.29, 0.717) is 0 Å². The minimum absolute atomic E-state index is 0.846. The van der Waals surface area contributed by atoms with Crippen molar-refractivity contribution in [2.24, 2.45) is 0 Å². The molecule has 0 saturated heterocycles. The number of benzene rings is 1. The molecular formula is C16H28N2. The normalized spacial score (nSPS) is 10.6. The zero-order valence-corrected chi connectivity index (χ0v) is 12.0. The van der Waals surface area contributed by atoms with Crippen molar-refractivity contribution in [3.63, 3.8) is 0 Å². The summed E-state index contributed by atoms with van der Waals surface area (Å²) in [6.07, 6.45) is 7.90. The Morgan fingerprint density at radius 1 is 0.833 bits per heavy atom. The van der Waals surface area contributed by atoms with Crippen molar-refractivity contribution in [3.05, 3.63) is 24.3 Å². The fourth-order valence-corrected chi connectivity index (χ4v) is 2.23. The fourth-order valence-electron chi connectivity index (χ4n) is 2.23. The van der Waals surface area contributed by atoms with Gasteiger partial charge in [0.25, 0.3) is 0 Å². The Hall–Kier alpha value is -1.18. The van der Waals surface area contributed by atoms with Gasteiger partial charge in [0, 0.05) is 24.5 Å². The van der Waals surface area contributed by atoms with E-state index in [4.69, 9.17) is 5.73 Å². The SMILES string of the molecule is CCCCCCCN(CCC)c1ccc(N)cc1. The summed E-state index contributed by atoms with van der Waals surface area (Å²) >= 11 is 0. The van der Waals surface area contributed by atoms with E-state index in [2.05, 4.69) is 30.9 Å². The first-order valence-electron chi connectivity index (χ1n) is 7.38. The monoisotopic (exact) mass is 248 g/mol. The average molecular weight is 248 g/mol. The Bertz CT molecular complexity index is 305. The van der Waals surface area contributed by atoms with E-state index in [-0.39, 0.29) is 0 Å². The van der Waals surface area contributed by atoms with E-state index in [0.717, 1.165) is 12.2 Å². The van der Waals surface area contributed by atoms with Crippen molar-refractivity contribution < 1.29 is 0 Å². The lowest BCUT2D eigenvalue weighted by Gasteiger charge is -2.24. The molecule has 2 heteroatoms. The van der Waals surface area contributed by atoms with Crippen molar-refractivity contribution in [2.45, 2.75) is 52.4 Å². The first-order valence-corrected chi connectivity index (χ1v) is 7.38. The molecule has 0 amide bonds. The van der Waals surface area contributed by atoms with Gasteiger partial charge in [-0.3, -0.25) is 0 Å². The summed E-state index contributed by atoms with van der Waals surface area (Å²) in [4.78, 5) is 2.48. The summed E-state index contributed by atoms with van der Waals surface area (Å²) in [5.41, 5.74) is 7.89. The van der Waals surface area contributed by atoms with E-state index in [9.17, 15) is 0 Å². The van der Waals surface area contributed by atoms with E-state index in [1.165, 1.54) is 50.8 Å². The summed E-state index contributed by atoms with van der Waals surface area (Å²) < 4.78 is 0. The van der Waals surface area contributed by atoms with Crippen LogP contribution in [0.15, 0.2) is 24.3 Å². The summed E-state index contributed by atoms with van der Waals surface area (Å²) in [5, 5.41) is 0. The lowest BCUT2D eigenvalue weighted by Crippen LogP contribution is -2.25. The summed E-state index contributed by atoms with van der Waals surface area (Å²) in [7, 11) is 0. The van der Waals surface area contributed by atoms with Gasteiger partial charge < -0.3 is 10.6 Å². The minimum Gasteiger partial charge on any atom is -0.399 e. The number of hydrogen-bond acceptors (Lipinski definition) is 2. The topological polar surface area (TPSA) is 29.3 Å². The molecule has 0 heterocycles. The van der Waals surface area contributed by atoms with E-state index >= 15 is 0 Å². The lowest BCUT2D eigenvalue weighted by atomic mass is 10.1. The Kier molecular flexibility index (Phi) is 7.31. The van der Waals surface area contributed by atoms with Crippen LogP contribution in [0.25, 0.3) is 0 Å². The number of unbranched alkanes of at least 4 members (excludes halogenated alkanes) is 4. The standard InChI is InChI=1S/C16H28N2/c1-3-5-6-7-8-14-18(13-4-2)16-11-9-15(17)10-12-16/h9-12H,3-8,13-14,17H2,1-2H3. The molecule has 0 unspecified atom stereocenters. The molecule has 0 atom stereocenters. The number of hydrogen-bond donors (Lipinski definition) is 1. The molecule has 1 rings (SSSR count). The summed E-state index contributed by atoms with van der Waals surface area (Å²) in [5.74, 6) is 0. The Balaban J connectivity index is 2.41. The molecule has 2 nitrogen and oxygen atoms in total. The molecule has 0 fully saturated rings. The smallest absolute Gasteiger partial charge is 0.0367 e. The van der Waals surface area contributed by atoms with Crippen molar-refractivity contribution in [1.29, 1.82) is 0 Å². The number of nitrogens with two attached hydrogens (primary N) is 1. The van der Waals surface area contributed by atoms with Crippen LogP contribution >= 0.6 is 0 Å². The third-order valence-corrected chi connectivity index (χ3v) is 3.28. The van der Waals surface area contributed by atoms with Crippen LogP contribution in [0.2, 0.25) is 0 Å². The van der Waals surface area contributed by atoms with Crippen LogP contribution < -0.4 is 10.6 Å². The van der Waals surface area contributed by atoms with Gasteiger partial charge in [0.15, 0.2) is 0 Å². The largest absolute Gasteiger partial charge is 0.399 e. The van der Waals surface area contributed by atoms with Gasteiger partial charge in [-0.2, -0.15) is 0 Å². The quantitative estimate of drug-likeness (QED) is 0.516. The van der Waals surface area contributed by atoms with Crippen LogP contribution in [0.4, 0.5) is 11.4 Å². The van der Waals surface area contributed by atoms with Gasteiger partial charge in [-0.25, -0.2) is 0 Å².